The van der Waals surface area contributed by atoms with E-state index in [9.17, 15) is 9.59 Å². The monoisotopic (exact) mass is 493 g/mol. The first-order valence-electron chi connectivity index (χ1n) is 11.0. The van der Waals surface area contributed by atoms with E-state index in [-0.39, 0.29) is 18.1 Å². The van der Waals surface area contributed by atoms with Crippen molar-refractivity contribution in [1.29, 1.82) is 0 Å². The van der Waals surface area contributed by atoms with Crippen LogP contribution >= 0.6 is 23.4 Å². The van der Waals surface area contributed by atoms with Crippen molar-refractivity contribution in [2.75, 3.05) is 12.1 Å². The fraction of sp³-hybridized carbons (Fsp3) is 0.240. The molecule has 0 amide bonds. The summed E-state index contributed by atoms with van der Waals surface area (Å²) < 4.78 is 11.0. The molecule has 0 bridgehead atoms. The molecule has 9 heteroatoms. The van der Waals surface area contributed by atoms with Gasteiger partial charge in [0.1, 0.15) is 5.82 Å². The largest absolute Gasteiger partial charge is 0.454 e. The minimum absolute atomic E-state index is 0.0543. The number of allylic oxidation sites excluding steroid dienone is 2. The van der Waals surface area contributed by atoms with Gasteiger partial charge in [-0.1, -0.05) is 47.6 Å². The summed E-state index contributed by atoms with van der Waals surface area (Å²) in [5.74, 6) is 1.85. The maximum atomic E-state index is 13.4. The maximum absolute atomic E-state index is 13.4. The maximum Gasteiger partial charge on any atom is 0.257 e. The number of fused-ring (bicyclic) bond motifs is 2. The van der Waals surface area contributed by atoms with E-state index in [4.69, 9.17) is 26.1 Å². The highest BCUT2D eigenvalue weighted by atomic mass is 35.5. The third kappa shape index (κ3) is 3.67. The average molecular weight is 494 g/mol. The van der Waals surface area contributed by atoms with Gasteiger partial charge in [0.25, 0.3) is 5.56 Å². The highest BCUT2D eigenvalue weighted by Crippen LogP contribution is 2.45. The van der Waals surface area contributed by atoms with Crippen molar-refractivity contribution in [1.82, 2.24) is 9.97 Å². The number of anilines is 1. The summed E-state index contributed by atoms with van der Waals surface area (Å²) in [7, 11) is 0. The van der Waals surface area contributed by atoms with Gasteiger partial charge >= 0.3 is 0 Å². The van der Waals surface area contributed by atoms with Crippen molar-refractivity contribution in [2.45, 2.75) is 36.1 Å². The van der Waals surface area contributed by atoms with Gasteiger partial charge in [0, 0.05) is 34.4 Å². The van der Waals surface area contributed by atoms with E-state index in [1.54, 1.807) is 0 Å². The van der Waals surface area contributed by atoms with Crippen LogP contribution in [0.3, 0.4) is 0 Å². The van der Waals surface area contributed by atoms with Gasteiger partial charge in [-0.3, -0.25) is 9.59 Å². The van der Waals surface area contributed by atoms with Gasteiger partial charge in [-0.15, -0.1) is 0 Å². The zero-order valence-electron chi connectivity index (χ0n) is 18.0. The summed E-state index contributed by atoms with van der Waals surface area (Å²) in [5, 5.41) is 4.47. The fourth-order valence-electron chi connectivity index (χ4n) is 4.70. The Balaban J connectivity index is 1.42. The fourth-order valence-corrected chi connectivity index (χ4v) is 5.84. The Morgan fingerprint density at radius 2 is 1.94 bits per heavy atom. The number of hydrogen-bond acceptors (Lipinski definition) is 7. The Bertz CT molecular complexity index is 1420. The predicted molar refractivity (Wildman–Crippen MR) is 130 cm³/mol. The molecule has 1 aliphatic carbocycles. The number of ether oxygens (including phenoxy) is 2. The van der Waals surface area contributed by atoms with Crippen molar-refractivity contribution in [3.63, 3.8) is 0 Å². The molecule has 6 rings (SSSR count). The number of nitrogens with one attached hydrogen (secondary N) is 2. The molecule has 34 heavy (non-hydrogen) atoms. The molecule has 0 radical (unpaired) electrons. The molecule has 2 N–H and O–H groups in total. The van der Waals surface area contributed by atoms with E-state index >= 15 is 0 Å². The summed E-state index contributed by atoms with van der Waals surface area (Å²) in [6.07, 6.45) is 1.97. The molecule has 3 aliphatic rings. The lowest BCUT2D eigenvalue weighted by Crippen LogP contribution is -2.32. The molecule has 7 nitrogen and oxygen atoms in total. The van der Waals surface area contributed by atoms with Crippen molar-refractivity contribution in [2.24, 2.45) is 0 Å². The topological polar surface area (TPSA) is 93.3 Å². The first-order valence-corrected chi connectivity index (χ1v) is 12.4. The number of carbonyl (C=O) groups excluding carboxylic acids is 1. The zero-order valence-corrected chi connectivity index (χ0v) is 19.6. The Hall–Kier alpha value is -3.23. The summed E-state index contributed by atoms with van der Waals surface area (Å²) in [6.45, 7) is 0.155. The molecular weight excluding hydrogens is 474 g/mol. The molecule has 0 spiro atoms. The van der Waals surface area contributed by atoms with Gasteiger partial charge in [0.2, 0.25) is 6.79 Å². The number of carbonyl (C=O) groups is 1. The van der Waals surface area contributed by atoms with Crippen LogP contribution in [0.5, 0.6) is 11.5 Å². The summed E-state index contributed by atoms with van der Waals surface area (Å²) in [4.78, 5) is 34.1. The SMILES string of the molecule is O=C1CCCC2=C1[C@@H](c1ccc3c(c1)OCO3)c1c(nc(SCc3ccccc3Cl)[nH]c1=O)N2. The smallest absolute Gasteiger partial charge is 0.257 e. The normalized spacial score (nSPS) is 18.4. The first-order chi connectivity index (χ1) is 16.6. The van der Waals surface area contributed by atoms with Crippen molar-refractivity contribution < 1.29 is 14.3 Å². The molecule has 3 heterocycles. The number of benzene rings is 2. The second-order valence-electron chi connectivity index (χ2n) is 8.35. The third-order valence-corrected chi connectivity index (χ3v) is 7.58. The van der Waals surface area contributed by atoms with Crippen LogP contribution in [0.2, 0.25) is 5.02 Å². The lowest BCUT2D eigenvalue weighted by atomic mass is 9.76. The van der Waals surface area contributed by atoms with Gasteiger partial charge in [-0.05, 0) is 42.2 Å². The van der Waals surface area contributed by atoms with E-state index in [1.165, 1.54) is 11.8 Å². The van der Waals surface area contributed by atoms with E-state index in [0.717, 1.165) is 29.7 Å². The van der Waals surface area contributed by atoms with Gasteiger partial charge in [0.05, 0.1) is 5.56 Å². The van der Waals surface area contributed by atoms with Gasteiger partial charge in [-0.25, -0.2) is 4.98 Å². The van der Waals surface area contributed by atoms with Crippen molar-refractivity contribution in [3.05, 3.63) is 85.8 Å². The number of aromatic amines is 1. The Morgan fingerprint density at radius 3 is 2.82 bits per heavy atom. The Kier molecular flexibility index (Phi) is 5.34. The van der Waals surface area contributed by atoms with Gasteiger partial charge in [-0.2, -0.15) is 0 Å². The number of rotatable bonds is 4. The van der Waals surface area contributed by atoms with Crippen LogP contribution in [-0.2, 0) is 10.5 Å². The van der Waals surface area contributed by atoms with Crippen molar-refractivity contribution in [3.8, 4) is 11.5 Å². The minimum Gasteiger partial charge on any atom is -0.454 e. The predicted octanol–water partition coefficient (Wildman–Crippen LogP) is 5.01. The number of H-pyrrole nitrogens is 1. The summed E-state index contributed by atoms with van der Waals surface area (Å²) in [6, 6.07) is 13.2. The van der Waals surface area contributed by atoms with E-state index in [2.05, 4.69) is 10.3 Å². The molecular formula is C25H20ClN3O4S. The third-order valence-electron chi connectivity index (χ3n) is 6.29. The quantitative estimate of drug-likeness (QED) is 0.390. The molecule has 3 aromatic rings. The highest BCUT2D eigenvalue weighted by molar-refractivity contribution is 7.98. The van der Waals surface area contributed by atoms with E-state index in [1.807, 2.05) is 42.5 Å². The highest BCUT2D eigenvalue weighted by Gasteiger charge is 2.38. The summed E-state index contributed by atoms with van der Waals surface area (Å²) >= 11 is 7.69. The molecule has 0 fully saturated rings. The van der Waals surface area contributed by atoms with Crippen LogP contribution in [0.1, 0.15) is 41.9 Å². The number of aromatic nitrogens is 2. The number of hydrogen-bond donors (Lipinski definition) is 2. The second kappa shape index (κ2) is 8.52. The molecule has 0 unspecified atom stereocenters. The van der Waals surface area contributed by atoms with Gasteiger partial charge in [0.15, 0.2) is 22.4 Å². The number of Topliss-reactive ketones (excluding diaryl/α,β-unsaturated/α-hetero) is 1. The number of nitrogens with zero attached hydrogens (tertiary/aromatic N) is 1. The molecule has 0 saturated heterocycles. The van der Waals surface area contributed by atoms with E-state index < -0.39 is 5.92 Å². The van der Waals surface area contributed by atoms with Crippen LogP contribution < -0.4 is 20.3 Å². The van der Waals surface area contributed by atoms with Crippen LogP contribution in [-0.4, -0.2) is 22.5 Å². The minimum atomic E-state index is -0.521. The van der Waals surface area contributed by atoms with E-state index in [0.29, 0.717) is 50.8 Å². The Morgan fingerprint density at radius 1 is 1.09 bits per heavy atom. The molecule has 1 aromatic heterocycles. The molecule has 1 atom stereocenters. The lowest BCUT2D eigenvalue weighted by Gasteiger charge is -2.32. The standard InChI is InChI=1S/C25H20ClN3O4S/c26-15-5-2-1-4-14(15)11-34-25-28-23-22(24(31)29-25)20(21-16(27-23)6-3-7-17(21)30)13-8-9-18-19(10-13)33-12-32-18/h1-2,4-5,8-10,20H,3,6-7,11-12H2,(H2,27,28,29,31)/t20-/m1/s1. The molecule has 2 aromatic carbocycles. The molecule has 2 aliphatic heterocycles. The zero-order chi connectivity index (χ0) is 23.2. The molecule has 0 saturated carbocycles. The van der Waals surface area contributed by atoms with Crippen LogP contribution in [0.25, 0.3) is 0 Å². The van der Waals surface area contributed by atoms with Crippen LogP contribution in [0.4, 0.5) is 5.82 Å². The summed E-state index contributed by atoms with van der Waals surface area (Å²) in [5.41, 5.74) is 3.41. The lowest BCUT2D eigenvalue weighted by molar-refractivity contribution is -0.116. The second-order valence-corrected chi connectivity index (χ2v) is 9.72. The van der Waals surface area contributed by atoms with Crippen molar-refractivity contribution >= 4 is 35.0 Å². The first kappa shape index (κ1) is 21.3. The van der Waals surface area contributed by atoms with Crippen LogP contribution in [0.15, 0.2) is 63.7 Å². The molecule has 172 valence electrons. The Labute approximate surface area is 204 Å². The number of ketones is 1. The van der Waals surface area contributed by atoms with Crippen LogP contribution in [0, 0.1) is 0 Å². The number of halogens is 1. The number of thioether (sulfide) groups is 1. The average Bonchev–Trinajstić information content (AvgIpc) is 3.30. The van der Waals surface area contributed by atoms with Gasteiger partial charge < -0.3 is 19.8 Å².